The van der Waals surface area contributed by atoms with Gasteiger partial charge in [0.25, 0.3) is 0 Å². The number of ether oxygens (including phenoxy) is 1. The van der Waals surface area contributed by atoms with Crippen molar-refractivity contribution in [3.8, 4) is 0 Å². The Bertz CT molecular complexity index is 912. The molecule has 0 bridgehead atoms. The van der Waals surface area contributed by atoms with Crippen molar-refractivity contribution < 1.29 is 19.5 Å². The van der Waals surface area contributed by atoms with Crippen molar-refractivity contribution >= 4 is 22.8 Å². The van der Waals surface area contributed by atoms with Gasteiger partial charge >= 0.3 is 5.97 Å². The fourth-order valence-electron chi connectivity index (χ4n) is 2.84. The van der Waals surface area contributed by atoms with Crippen molar-refractivity contribution in [1.29, 1.82) is 0 Å². The average molecular weight is 324 g/mol. The van der Waals surface area contributed by atoms with Gasteiger partial charge in [0.05, 0.1) is 24.1 Å². The monoisotopic (exact) mass is 324 g/mol. The smallest absolute Gasteiger partial charge is 0.337 e. The molecule has 0 saturated carbocycles. The summed E-state index contributed by atoms with van der Waals surface area (Å²) in [5.74, 6) is -1.74. The second-order valence-corrected chi connectivity index (χ2v) is 5.40. The van der Waals surface area contributed by atoms with Crippen molar-refractivity contribution in [2.24, 2.45) is 5.73 Å². The second-order valence-electron chi connectivity index (χ2n) is 5.40. The summed E-state index contributed by atoms with van der Waals surface area (Å²) in [5.41, 5.74) is 7.81. The molecule has 0 aliphatic rings. The fourth-order valence-corrected chi connectivity index (χ4v) is 2.84. The van der Waals surface area contributed by atoms with Gasteiger partial charge in [0.2, 0.25) is 5.91 Å². The number of hydrogen-bond acceptors (Lipinski definition) is 4. The normalized spacial score (nSPS) is 12.0. The summed E-state index contributed by atoms with van der Waals surface area (Å²) in [7, 11) is 1.30. The van der Waals surface area contributed by atoms with E-state index in [0.717, 1.165) is 10.1 Å². The van der Waals surface area contributed by atoms with Crippen LogP contribution in [0.15, 0.2) is 54.7 Å². The lowest BCUT2D eigenvalue weighted by Gasteiger charge is -2.13. The van der Waals surface area contributed by atoms with E-state index in [4.69, 9.17) is 5.73 Å². The molecule has 6 nitrogen and oxygen atoms in total. The number of benzene rings is 2. The van der Waals surface area contributed by atoms with Crippen LogP contribution in [0.1, 0.15) is 27.4 Å². The van der Waals surface area contributed by atoms with E-state index < -0.39 is 17.8 Å². The van der Waals surface area contributed by atoms with E-state index in [2.05, 4.69) is 4.74 Å². The number of fused-ring (bicyclic) bond motifs is 1. The Labute approximate surface area is 138 Å². The number of carbonyl (C=O) groups excluding carboxylic acids is 2. The molecule has 1 atom stereocenters. The van der Waals surface area contributed by atoms with Crippen molar-refractivity contribution in [2.75, 3.05) is 7.11 Å². The van der Waals surface area contributed by atoms with Gasteiger partial charge in [-0.15, -0.1) is 0 Å². The zero-order chi connectivity index (χ0) is 17.3. The van der Waals surface area contributed by atoms with Crippen LogP contribution in [0.5, 0.6) is 0 Å². The first-order chi connectivity index (χ1) is 11.5. The highest BCUT2D eigenvalue weighted by Gasteiger charge is 2.25. The Morgan fingerprint density at radius 1 is 1.12 bits per heavy atom. The van der Waals surface area contributed by atoms with E-state index in [1.54, 1.807) is 36.4 Å². The Kier molecular flexibility index (Phi) is 3.95. The van der Waals surface area contributed by atoms with Gasteiger partial charge in [-0.05, 0) is 29.3 Å². The predicted octanol–water partition coefficient (Wildman–Crippen LogP) is 2.28. The molecule has 6 heteroatoms. The van der Waals surface area contributed by atoms with Crippen LogP contribution >= 0.6 is 0 Å². The maximum atomic E-state index is 12.1. The van der Waals surface area contributed by atoms with E-state index in [-0.39, 0.29) is 0 Å². The van der Waals surface area contributed by atoms with Gasteiger partial charge in [-0.1, -0.05) is 30.3 Å². The third-order valence-electron chi connectivity index (χ3n) is 3.98. The number of rotatable bonds is 4. The summed E-state index contributed by atoms with van der Waals surface area (Å²) in [6.07, 6.45) is 1.48. The van der Waals surface area contributed by atoms with Crippen molar-refractivity contribution in [3.05, 3.63) is 71.4 Å². The molecule has 0 radical (unpaired) electrons. The second kappa shape index (κ2) is 6.08. The minimum atomic E-state index is -0.741. The van der Waals surface area contributed by atoms with Crippen LogP contribution in [0.25, 0.3) is 10.9 Å². The maximum absolute atomic E-state index is 12.1. The molecule has 0 spiro atoms. The van der Waals surface area contributed by atoms with Crippen LogP contribution < -0.4 is 5.73 Å². The molecule has 3 rings (SSSR count). The van der Waals surface area contributed by atoms with Gasteiger partial charge in [0.1, 0.15) is 0 Å². The van der Waals surface area contributed by atoms with Crippen molar-refractivity contribution in [1.82, 2.24) is 4.73 Å². The van der Waals surface area contributed by atoms with Crippen LogP contribution in [0.4, 0.5) is 0 Å². The number of amides is 1. The van der Waals surface area contributed by atoms with E-state index in [1.807, 2.05) is 12.1 Å². The topological polar surface area (TPSA) is 94.5 Å². The number of primary amides is 1. The molecule has 3 aromatic rings. The molecular formula is C18H16N2O4. The van der Waals surface area contributed by atoms with Crippen LogP contribution in [0, 0.1) is 0 Å². The first kappa shape index (κ1) is 15.6. The van der Waals surface area contributed by atoms with E-state index in [1.165, 1.54) is 13.3 Å². The van der Waals surface area contributed by atoms with Crippen LogP contribution in [0.3, 0.4) is 0 Å². The maximum Gasteiger partial charge on any atom is 0.337 e. The number of methoxy groups -OCH3 is 1. The summed E-state index contributed by atoms with van der Waals surface area (Å²) in [5, 5.41) is 10.8. The molecule has 0 aliphatic heterocycles. The number of hydrogen-bond donors (Lipinski definition) is 2. The zero-order valence-electron chi connectivity index (χ0n) is 13.0. The van der Waals surface area contributed by atoms with E-state index >= 15 is 0 Å². The first-order valence-corrected chi connectivity index (χ1v) is 7.29. The molecule has 0 saturated heterocycles. The van der Waals surface area contributed by atoms with Gasteiger partial charge in [0.15, 0.2) is 0 Å². The van der Waals surface area contributed by atoms with Crippen molar-refractivity contribution in [3.63, 3.8) is 0 Å². The third kappa shape index (κ3) is 2.58. The minimum absolute atomic E-state index is 0.383. The molecule has 0 fully saturated rings. The quantitative estimate of drug-likeness (QED) is 0.568. The molecular weight excluding hydrogens is 308 g/mol. The molecule has 3 N–H and O–H groups in total. The average Bonchev–Trinajstić information content (AvgIpc) is 2.92. The lowest BCUT2D eigenvalue weighted by molar-refractivity contribution is -0.118. The SMILES string of the molecule is COC(=O)c1ccc(C(C(N)=O)c2cn(O)c3ccccc23)cc1. The highest BCUT2D eigenvalue weighted by molar-refractivity contribution is 5.94. The summed E-state index contributed by atoms with van der Waals surface area (Å²) in [4.78, 5) is 23.6. The number of aromatic nitrogens is 1. The third-order valence-corrected chi connectivity index (χ3v) is 3.98. The standard InChI is InChI=1S/C18H16N2O4/c1-24-18(22)12-8-6-11(7-9-12)16(17(19)21)14-10-20(23)15-5-3-2-4-13(14)15/h2-10,16,23H,1H3,(H2,19,21). The molecule has 2 aromatic carbocycles. The van der Waals surface area contributed by atoms with E-state index in [9.17, 15) is 14.8 Å². The molecule has 122 valence electrons. The van der Waals surface area contributed by atoms with Crippen LogP contribution in [-0.2, 0) is 9.53 Å². The van der Waals surface area contributed by atoms with Crippen LogP contribution in [-0.4, -0.2) is 28.9 Å². The summed E-state index contributed by atoms with van der Waals surface area (Å²) in [6, 6.07) is 13.7. The number of nitrogens with zero attached hydrogens (tertiary/aromatic N) is 1. The Balaban J connectivity index is 2.10. The summed E-state index contributed by atoms with van der Waals surface area (Å²) < 4.78 is 5.64. The molecule has 1 amide bonds. The molecule has 1 heterocycles. The lowest BCUT2D eigenvalue weighted by Crippen LogP contribution is -2.22. The highest BCUT2D eigenvalue weighted by Crippen LogP contribution is 2.32. The summed E-state index contributed by atoms with van der Waals surface area (Å²) in [6.45, 7) is 0. The van der Waals surface area contributed by atoms with E-state index in [0.29, 0.717) is 22.2 Å². The largest absolute Gasteiger partial charge is 0.465 e. The van der Waals surface area contributed by atoms with Gasteiger partial charge in [-0.2, -0.15) is 4.73 Å². The molecule has 1 unspecified atom stereocenters. The summed E-state index contributed by atoms with van der Waals surface area (Å²) >= 11 is 0. The highest BCUT2D eigenvalue weighted by atomic mass is 16.5. The van der Waals surface area contributed by atoms with Gasteiger partial charge < -0.3 is 15.7 Å². The van der Waals surface area contributed by atoms with Gasteiger partial charge in [0, 0.05) is 11.6 Å². The minimum Gasteiger partial charge on any atom is -0.465 e. The Hall–Kier alpha value is -3.28. The lowest BCUT2D eigenvalue weighted by atomic mass is 9.90. The first-order valence-electron chi connectivity index (χ1n) is 7.29. The number of carbonyl (C=O) groups is 2. The zero-order valence-corrected chi connectivity index (χ0v) is 13.0. The predicted molar refractivity (Wildman–Crippen MR) is 87.9 cm³/mol. The van der Waals surface area contributed by atoms with Crippen LogP contribution in [0.2, 0.25) is 0 Å². The number of nitrogens with two attached hydrogens (primary N) is 1. The van der Waals surface area contributed by atoms with Gasteiger partial charge in [-0.3, -0.25) is 4.79 Å². The number of para-hydroxylation sites is 1. The number of esters is 1. The Morgan fingerprint density at radius 2 is 1.79 bits per heavy atom. The Morgan fingerprint density at radius 3 is 2.42 bits per heavy atom. The molecule has 0 aliphatic carbocycles. The molecule has 1 aromatic heterocycles. The van der Waals surface area contributed by atoms with Crippen molar-refractivity contribution in [2.45, 2.75) is 5.92 Å². The molecule has 24 heavy (non-hydrogen) atoms. The fraction of sp³-hybridized carbons (Fsp3) is 0.111. The van der Waals surface area contributed by atoms with Gasteiger partial charge in [-0.25, -0.2) is 4.79 Å².